The molecule has 0 bridgehead atoms. The highest BCUT2D eigenvalue weighted by Crippen LogP contribution is 2.38. The number of fused-ring (bicyclic) bond motifs is 3. The minimum atomic E-state index is 0.917. The highest BCUT2D eigenvalue weighted by Gasteiger charge is 2.14. The Bertz CT molecular complexity index is 1850. The second kappa shape index (κ2) is 9.42. The van der Waals surface area contributed by atoms with Crippen molar-refractivity contribution < 1.29 is 4.42 Å². The van der Waals surface area contributed by atoms with Crippen molar-refractivity contribution in [2.75, 3.05) is 4.90 Å². The van der Waals surface area contributed by atoms with Crippen molar-refractivity contribution in [3.63, 3.8) is 0 Å². The monoisotopic (exact) mass is 487 g/mol. The Hall–Kier alpha value is -5.08. The third-order valence-corrected chi connectivity index (χ3v) is 7.06. The van der Waals surface area contributed by atoms with Crippen LogP contribution < -0.4 is 4.90 Å². The number of furan rings is 1. The molecule has 2 nitrogen and oxygen atoms in total. The number of nitrogens with zero attached hydrogens (tertiary/aromatic N) is 1. The SMILES string of the molecule is c1ccc(-c2cccc(N(c3ccccc3)c3ccc(-c4ccc5oc6ccccc6c5c4)cc3)c2)cc1. The minimum Gasteiger partial charge on any atom is -0.456 e. The fourth-order valence-electron chi connectivity index (χ4n) is 5.19. The zero-order valence-corrected chi connectivity index (χ0v) is 20.8. The fraction of sp³-hybridized carbons (Fsp3) is 0. The third-order valence-electron chi connectivity index (χ3n) is 7.06. The van der Waals surface area contributed by atoms with Crippen LogP contribution in [-0.4, -0.2) is 0 Å². The molecule has 38 heavy (non-hydrogen) atoms. The maximum atomic E-state index is 6.03. The summed E-state index contributed by atoms with van der Waals surface area (Å²) in [5.41, 5.74) is 9.95. The topological polar surface area (TPSA) is 16.4 Å². The molecule has 0 fully saturated rings. The lowest BCUT2D eigenvalue weighted by Gasteiger charge is -2.26. The van der Waals surface area contributed by atoms with E-state index in [9.17, 15) is 0 Å². The van der Waals surface area contributed by atoms with E-state index < -0.39 is 0 Å². The number of hydrogen-bond acceptors (Lipinski definition) is 2. The molecule has 0 aliphatic carbocycles. The summed E-state index contributed by atoms with van der Waals surface area (Å²) >= 11 is 0. The Balaban J connectivity index is 1.29. The van der Waals surface area contributed by atoms with Gasteiger partial charge in [0.25, 0.3) is 0 Å². The highest BCUT2D eigenvalue weighted by molar-refractivity contribution is 6.06. The molecule has 1 heterocycles. The average Bonchev–Trinajstić information content (AvgIpc) is 3.37. The van der Waals surface area contributed by atoms with Crippen molar-refractivity contribution in [2.24, 2.45) is 0 Å². The molecule has 0 unspecified atom stereocenters. The minimum absolute atomic E-state index is 0.917. The van der Waals surface area contributed by atoms with E-state index in [0.717, 1.165) is 39.0 Å². The van der Waals surface area contributed by atoms with Crippen molar-refractivity contribution in [3.8, 4) is 22.3 Å². The van der Waals surface area contributed by atoms with E-state index in [1.54, 1.807) is 0 Å². The lowest BCUT2D eigenvalue weighted by atomic mass is 10.0. The van der Waals surface area contributed by atoms with Gasteiger partial charge in [-0.2, -0.15) is 0 Å². The molecule has 0 N–H and O–H groups in total. The summed E-state index contributed by atoms with van der Waals surface area (Å²) < 4.78 is 6.03. The first-order chi connectivity index (χ1) is 18.8. The summed E-state index contributed by atoms with van der Waals surface area (Å²) in [5, 5.41) is 2.29. The van der Waals surface area contributed by atoms with Gasteiger partial charge in [-0.1, -0.05) is 97.1 Å². The van der Waals surface area contributed by atoms with Crippen LogP contribution in [0.1, 0.15) is 0 Å². The van der Waals surface area contributed by atoms with E-state index in [2.05, 4.69) is 144 Å². The molecule has 0 saturated carbocycles. The molecule has 0 saturated heterocycles. The Kier molecular flexibility index (Phi) is 5.49. The molecule has 6 aromatic carbocycles. The first-order valence-electron chi connectivity index (χ1n) is 12.9. The number of para-hydroxylation sites is 2. The van der Waals surface area contributed by atoms with Gasteiger partial charge in [-0.25, -0.2) is 0 Å². The first-order valence-corrected chi connectivity index (χ1v) is 12.9. The van der Waals surface area contributed by atoms with Crippen LogP contribution >= 0.6 is 0 Å². The molecule has 2 heteroatoms. The second-order valence-corrected chi connectivity index (χ2v) is 9.44. The van der Waals surface area contributed by atoms with Gasteiger partial charge >= 0.3 is 0 Å². The predicted octanol–water partition coefficient (Wildman–Crippen LogP) is 10.4. The molecule has 0 aliphatic rings. The van der Waals surface area contributed by atoms with Gasteiger partial charge in [0, 0.05) is 27.8 Å². The standard InChI is InChI=1S/C36H25NO/c1-3-10-26(11-4-1)28-12-9-15-32(24-28)37(30-13-5-2-6-14-30)31-21-18-27(19-22-31)29-20-23-36-34(25-29)33-16-7-8-17-35(33)38-36/h1-25H. The van der Waals surface area contributed by atoms with Crippen LogP contribution in [0.2, 0.25) is 0 Å². The van der Waals surface area contributed by atoms with Gasteiger partial charge in [0.2, 0.25) is 0 Å². The molecule has 0 aliphatic heterocycles. The predicted molar refractivity (Wildman–Crippen MR) is 159 cm³/mol. The summed E-state index contributed by atoms with van der Waals surface area (Å²) in [4.78, 5) is 2.31. The number of anilines is 3. The van der Waals surface area contributed by atoms with E-state index in [1.165, 1.54) is 22.3 Å². The van der Waals surface area contributed by atoms with Crippen LogP contribution in [0.25, 0.3) is 44.2 Å². The quantitative estimate of drug-likeness (QED) is 0.240. The van der Waals surface area contributed by atoms with E-state index in [-0.39, 0.29) is 0 Å². The van der Waals surface area contributed by atoms with Crippen molar-refractivity contribution in [1.82, 2.24) is 0 Å². The van der Waals surface area contributed by atoms with Crippen LogP contribution in [-0.2, 0) is 0 Å². The molecule has 7 aromatic rings. The van der Waals surface area contributed by atoms with Crippen molar-refractivity contribution >= 4 is 39.0 Å². The Morgan fingerprint density at radius 2 is 0.895 bits per heavy atom. The Labute approximate surface area is 222 Å². The van der Waals surface area contributed by atoms with Crippen LogP contribution in [0, 0.1) is 0 Å². The Morgan fingerprint density at radius 1 is 0.342 bits per heavy atom. The molecular formula is C36H25NO. The van der Waals surface area contributed by atoms with Gasteiger partial charge in [0.1, 0.15) is 11.2 Å². The summed E-state index contributed by atoms with van der Waals surface area (Å²) in [7, 11) is 0. The maximum absolute atomic E-state index is 6.03. The summed E-state index contributed by atoms with van der Waals surface area (Å²) in [6.07, 6.45) is 0. The largest absolute Gasteiger partial charge is 0.456 e. The molecule has 0 atom stereocenters. The zero-order valence-electron chi connectivity index (χ0n) is 20.8. The normalized spacial score (nSPS) is 11.2. The van der Waals surface area contributed by atoms with Gasteiger partial charge in [0.15, 0.2) is 0 Å². The van der Waals surface area contributed by atoms with Crippen LogP contribution in [0.3, 0.4) is 0 Å². The molecule has 0 amide bonds. The summed E-state index contributed by atoms with van der Waals surface area (Å²) in [6, 6.07) is 53.3. The van der Waals surface area contributed by atoms with Crippen LogP contribution in [0.5, 0.6) is 0 Å². The third kappa shape index (κ3) is 4.03. The number of hydrogen-bond donors (Lipinski definition) is 0. The van der Waals surface area contributed by atoms with E-state index in [0.29, 0.717) is 0 Å². The molecule has 180 valence electrons. The van der Waals surface area contributed by atoms with Crippen LogP contribution in [0.4, 0.5) is 17.1 Å². The summed E-state index contributed by atoms with van der Waals surface area (Å²) in [6.45, 7) is 0. The average molecular weight is 488 g/mol. The lowest BCUT2D eigenvalue weighted by Crippen LogP contribution is -2.09. The molecule has 0 spiro atoms. The molecule has 1 aromatic heterocycles. The molecule has 0 radical (unpaired) electrons. The number of benzene rings is 6. The van der Waals surface area contributed by atoms with Gasteiger partial charge < -0.3 is 9.32 Å². The fourth-order valence-corrected chi connectivity index (χ4v) is 5.19. The number of rotatable bonds is 5. The van der Waals surface area contributed by atoms with E-state index >= 15 is 0 Å². The second-order valence-electron chi connectivity index (χ2n) is 9.44. The summed E-state index contributed by atoms with van der Waals surface area (Å²) in [5.74, 6) is 0. The van der Waals surface area contributed by atoms with Crippen molar-refractivity contribution in [3.05, 3.63) is 152 Å². The van der Waals surface area contributed by atoms with Crippen molar-refractivity contribution in [2.45, 2.75) is 0 Å². The van der Waals surface area contributed by atoms with Gasteiger partial charge in [-0.15, -0.1) is 0 Å². The lowest BCUT2D eigenvalue weighted by molar-refractivity contribution is 0.669. The Morgan fingerprint density at radius 3 is 1.71 bits per heavy atom. The van der Waals surface area contributed by atoms with E-state index in [1.807, 2.05) is 12.1 Å². The van der Waals surface area contributed by atoms with Crippen molar-refractivity contribution in [1.29, 1.82) is 0 Å². The van der Waals surface area contributed by atoms with Gasteiger partial charge in [0.05, 0.1) is 0 Å². The zero-order chi connectivity index (χ0) is 25.3. The molecular weight excluding hydrogens is 462 g/mol. The smallest absolute Gasteiger partial charge is 0.135 e. The van der Waals surface area contributed by atoms with Gasteiger partial charge in [-0.3, -0.25) is 0 Å². The first kappa shape index (κ1) is 22.1. The van der Waals surface area contributed by atoms with Crippen LogP contribution in [0.15, 0.2) is 156 Å². The molecule has 7 rings (SSSR count). The van der Waals surface area contributed by atoms with E-state index in [4.69, 9.17) is 4.42 Å². The highest BCUT2D eigenvalue weighted by atomic mass is 16.3. The van der Waals surface area contributed by atoms with Gasteiger partial charge in [-0.05, 0) is 76.9 Å². The maximum Gasteiger partial charge on any atom is 0.135 e.